The topological polar surface area (TPSA) is 55.4 Å². The normalized spacial score (nSPS) is 24.3. The number of carbonyl (C=O) groups is 2. The molecule has 1 saturated carbocycles. The molecule has 0 radical (unpaired) electrons. The van der Waals surface area contributed by atoms with Crippen LogP contribution in [-0.4, -0.2) is 54.3 Å². The van der Waals surface area contributed by atoms with Crippen molar-refractivity contribution in [1.29, 1.82) is 0 Å². The van der Waals surface area contributed by atoms with Crippen LogP contribution >= 0.6 is 11.3 Å². The van der Waals surface area contributed by atoms with Gasteiger partial charge in [0.15, 0.2) is 0 Å². The second-order valence-corrected chi connectivity index (χ2v) is 7.69. The Morgan fingerprint density at radius 2 is 1.16 bits per heavy atom. The molecule has 0 spiro atoms. The van der Waals surface area contributed by atoms with Gasteiger partial charge < -0.3 is 10.1 Å². The van der Waals surface area contributed by atoms with E-state index in [0.29, 0.717) is 0 Å². The highest BCUT2D eigenvalue weighted by Crippen LogP contribution is 2.69. The number of methoxy groups -OCH3 is 1. The van der Waals surface area contributed by atoms with E-state index in [-0.39, 0.29) is 21.8 Å². The van der Waals surface area contributed by atoms with E-state index in [1.165, 1.54) is 13.8 Å². The fourth-order valence-corrected chi connectivity index (χ4v) is 3.80. The van der Waals surface area contributed by atoms with Gasteiger partial charge in [-0.25, -0.2) is 9.18 Å². The Morgan fingerprint density at radius 1 is 0.774 bits per heavy atom. The van der Waals surface area contributed by atoms with Crippen LogP contribution in [0.4, 0.5) is 53.3 Å². The number of amides is 1. The monoisotopic (exact) mass is 493 g/mol. The van der Waals surface area contributed by atoms with Gasteiger partial charge >= 0.3 is 41.3 Å². The van der Waals surface area contributed by atoms with Crippen LogP contribution in [0.3, 0.4) is 0 Å². The minimum atomic E-state index is -7.43. The Kier molecular flexibility index (Phi) is 5.42. The lowest BCUT2D eigenvalue weighted by molar-refractivity contribution is -0.475. The van der Waals surface area contributed by atoms with Gasteiger partial charge in [-0.1, -0.05) is 0 Å². The van der Waals surface area contributed by atoms with Crippen LogP contribution in [0.5, 0.6) is 0 Å². The fourth-order valence-electron chi connectivity index (χ4n) is 2.76. The Labute approximate surface area is 169 Å². The molecule has 1 amide bonds. The Hall–Kier alpha value is -2.13. The molecule has 1 heterocycles. The van der Waals surface area contributed by atoms with Gasteiger partial charge in [-0.2, -0.15) is 43.9 Å². The van der Waals surface area contributed by atoms with Gasteiger partial charge in [0.2, 0.25) is 0 Å². The summed E-state index contributed by atoms with van der Waals surface area (Å²) < 4.78 is 155. The summed E-state index contributed by atoms with van der Waals surface area (Å²) >= 11 is 0.263. The molecule has 1 aromatic rings. The molecule has 1 aliphatic carbocycles. The number of carbonyl (C=O) groups excluding carboxylic acids is 2. The molecular formula is C15H10F11NO3S. The average molecular weight is 493 g/mol. The largest absolute Gasteiger partial charge is 0.465 e. The van der Waals surface area contributed by atoms with Crippen LogP contribution in [0, 0.1) is 13.8 Å². The zero-order valence-corrected chi connectivity index (χ0v) is 16.1. The lowest BCUT2D eigenvalue weighted by atomic mass is 9.71. The average Bonchev–Trinajstić information content (AvgIpc) is 2.91. The SMILES string of the molecule is COC(=O)c1c(NC(=O)C2(F)C(F)(F)C(F)(F)C(F)(F)C(F)(F)C2(F)F)sc(C)c1C. The lowest BCUT2D eigenvalue weighted by Gasteiger charge is -2.51. The van der Waals surface area contributed by atoms with E-state index in [9.17, 15) is 57.9 Å². The zero-order chi connectivity index (χ0) is 24.6. The summed E-state index contributed by atoms with van der Waals surface area (Å²) in [4.78, 5) is 23.8. The van der Waals surface area contributed by atoms with E-state index >= 15 is 0 Å². The van der Waals surface area contributed by atoms with Gasteiger partial charge in [0, 0.05) is 4.88 Å². The van der Waals surface area contributed by atoms with E-state index in [1.807, 2.05) is 0 Å². The van der Waals surface area contributed by atoms with Crippen molar-refractivity contribution in [2.45, 2.75) is 49.1 Å². The van der Waals surface area contributed by atoms with Crippen molar-refractivity contribution in [3.8, 4) is 0 Å². The number of alkyl halides is 11. The van der Waals surface area contributed by atoms with E-state index in [4.69, 9.17) is 0 Å². The van der Waals surface area contributed by atoms with E-state index in [0.717, 1.165) is 12.4 Å². The summed E-state index contributed by atoms with van der Waals surface area (Å²) in [5.74, 6) is -41.7. The highest BCUT2D eigenvalue weighted by atomic mass is 32.1. The number of aryl methyl sites for hydroxylation is 1. The van der Waals surface area contributed by atoms with E-state index < -0.39 is 57.7 Å². The van der Waals surface area contributed by atoms with Crippen LogP contribution in [0.1, 0.15) is 20.8 Å². The summed E-state index contributed by atoms with van der Waals surface area (Å²) in [5.41, 5.74) is -7.62. The third-order valence-electron chi connectivity index (χ3n) is 4.76. The molecule has 1 fully saturated rings. The number of hydrogen-bond acceptors (Lipinski definition) is 4. The first-order valence-electron chi connectivity index (χ1n) is 7.76. The number of esters is 1. The smallest absolute Gasteiger partial charge is 0.384 e. The van der Waals surface area contributed by atoms with Gasteiger partial charge in [0.25, 0.3) is 5.91 Å². The molecule has 0 unspecified atom stereocenters. The summed E-state index contributed by atoms with van der Waals surface area (Å²) in [5, 5.41) is -0.0565. The molecule has 0 aromatic carbocycles. The number of anilines is 1. The standard InChI is InChI=1S/C15H10F11NO3S/c1-4-5(2)31-7(6(4)8(28)30-3)27-9(29)10(16)11(17,18)13(21,22)15(25,26)14(23,24)12(10,19)20/h1-3H3,(H,27,29). The Balaban J connectivity index is 2.73. The molecule has 1 aromatic heterocycles. The van der Waals surface area contributed by atoms with Crippen LogP contribution in [-0.2, 0) is 9.53 Å². The number of ether oxygens (including phenoxy) is 1. The molecule has 1 N–H and O–H groups in total. The molecule has 0 saturated heterocycles. The zero-order valence-electron chi connectivity index (χ0n) is 15.3. The van der Waals surface area contributed by atoms with Gasteiger partial charge in [-0.3, -0.25) is 4.79 Å². The molecule has 2 rings (SSSR count). The molecule has 0 bridgehead atoms. The first-order valence-corrected chi connectivity index (χ1v) is 8.57. The third kappa shape index (κ3) is 2.65. The molecule has 1 aliphatic rings. The van der Waals surface area contributed by atoms with Crippen molar-refractivity contribution in [2.24, 2.45) is 0 Å². The second-order valence-electron chi connectivity index (χ2n) is 6.46. The number of rotatable bonds is 3. The molecule has 176 valence electrons. The minimum Gasteiger partial charge on any atom is -0.465 e. The fraction of sp³-hybridized carbons (Fsp3) is 0.600. The molecule has 0 atom stereocenters. The highest BCUT2D eigenvalue weighted by molar-refractivity contribution is 7.16. The molecule has 4 nitrogen and oxygen atoms in total. The quantitative estimate of drug-likeness (QED) is 0.477. The summed E-state index contributed by atoms with van der Waals surface area (Å²) in [7, 11) is 0.781. The van der Waals surface area contributed by atoms with Crippen molar-refractivity contribution in [3.63, 3.8) is 0 Å². The maximum atomic E-state index is 14.7. The van der Waals surface area contributed by atoms with Crippen molar-refractivity contribution in [1.82, 2.24) is 0 Å². The van der Waals surface area contributed by atoms with Gasteiger partial charge in [0.1, 0.15) is 5.00 Å². The van der Waals surface area contributed by atoms with E-state index in [1.54, 1.807) is 0 Å². The van der Waals surface area contributed by atoms with Crippen molar-refractivity contribution in [2.75, 3.05) is 12.4 Å². The molecular weight excluding hydrogens is 483 g/mol. The van der Waals surface area contributed by atoms with Crippen molar-refractivity contribution in [3.05, 3.63) is 16.0 Å². The Morgan fingerprint density at radius 3 is 1.55 bits per heavy atom. The van der Waals surface area contributed by atoms with Crippen LogP contribution in [0.15, 0.2) is 0 Å². The number of hydrogen-bond donors (Lipinski definition) is 1. The van der Waals surface area contributed by atoms with Crippen molar-refractivity contribution < 1.29 is 62.6 Å². The first kappa shape index (κ1) is 25.1. The summed E-state index contributed by atoms with van der Waals surface area (Å²) in [6.45, 7) is 2.41. The maximum Gasteiger partial charge on any atom is 0.384 e. The number of thiophene rings is 1. The molecule has 16 heteroatoms. The van der Waals surface area contributed by atoms with Crippen LogP contribution in [0.25, 0.3) is 0 Å². The maximum absolute atomic E-state index is 14.7. The third-order valence-corrected chi connectivity index (χ3v) is 5.88. The number of nitrogens with one attached hydrogen (secondary N) is 1. The minimum absolute atomic E-state index is 0.0515. The van der Waals surface area contributed by atoms with Crippen LogP contribution in [0.2, 0.25) is 0 Å². The van der Waals surface area contributed by atoms with Crippen molar-refractivity contribution >= 4 is 28.2 Å². The molecule has 31 heavy (non-hydrogen) atoms. The van der Waals surface area contributed by atoms with E-state index in [2.05, 4.69) is 4.74 Å². The van der Waals surface area contributed by atoms with Crippen LogP contribution < -0.4 is 5.32 Å². The van der Waals surface area contributed by atoms with Gasteiger partial charge in [0.05, 0.1) is 12.7 Å². The summed E-state index contributed by atoms with van der Waals surface area (Å²) in [6.07, 6.45) is 0. The highest BCUT2D eigenvalue weighted by Gasteiger charge is 3.02. The van der Waals surface area contributed by atoms with Gasteiger partial charge in [-0.05, 0) is 19.4 Å². The number of halogens is 11. The Bertz CT molecular complexity index is 911. The predicted octanol–water partition coefficient (Wildman–Crippen LogP) is 4.99. The lowest BCUT2D eigenvalue weighted by Crippen LogP contribution is -2.86. The molecule has 0 aliphatic heterocycles. The summed E-state index contributed by atoms with van der Waals surface area (Å²) in [6, 6.07) is 0. The first-order chi connectivity index (χ1) is 13.7. The second kappa shape index (κ2) is 6.68. The predicted molar refractivity (Wildman–Crippen MR) is 82.3 cm³/mol. The van der Waals surface area contributed by atoms with Gasteiger partial charge in [-0.15, -0.1) is 11.3 Å².